The van der Waals surface area contributed by atoms with Crippen molar-refractivity contribution >= 4 is 0 Å². The molecule has 2 heterocycles. The molecular weight excluding hydrogens is 112 g/mol. The van der Waals surface area contributed by atoms with Gasteiger partial charge in [-0.15, -0.1) is 0 Å². The van der Waals surface area contributed by atoms with Crippen LogP contribution in [-0.2, 0) is 0 Å². The van der Waals surface area contributed by atoms with Gasteiger partial charge in [0.1, 0.15) is 0 Å². The molecular formula is C7H12N2. The summed E-state index contributed by atoms with van der Waals surface area (Å²) >= 11 is 0. The Labute approximate surface area is 55.4 Å². The van der Waals surface area contributed by atoms with Gasteiger partial charge in [0, 0.05) is 0 Å². The van der Waals surface area contributed by atoms with Gasteiger partial charge in [-0.25, -0.2) is 0 Å². The number of nitrogens with zero attached hydrogens (tertiary/aromatic N) is 2. The van der Waals surface area contributed by atoms with Crippen molar-refractivity contribution in [2.45, 2.75) is 44.2 Å². The molecule has 2 unspecified atom stereocenters. The van der Waals surface area contributed by atoms with E-state index in [1.165, 1.54) is 32.1 Å². The van der Waals surface area contributed by atoms with Crippen LogP contribution in [0.2, 0.25) is 0 Å². The van der Waals surface area contributed by atoms with Crippen LogP contribution in [0.3, 0.4) is 0 Å². The van der Waals surface area contributed by atoms with Gasteiger partial charge in [-0.1, -0.05) is 0 Å². The number of hydrogen-bond acceptors (Lipinski definition) is 2. The Morgan fingerprint density at radius 2 is 1.33 bits per heavy atom. The van der Waals surface area contributed by atoms with E-state index in [4.69, 9.17) is 0 Å². The van der Waals surface area contributed by atoms with Crippen molar-refractivity contribution in [2.24, 2.45) is 10.2 Å². The highest BCUT2D eigenvalue weighted by atomic mass is 15.2. The highest BCUT2D eigenvalue weighted by Gasteiger charge is 2.22. The molecule has 2 heteroatoms. The molecule has 0 aromatic rings. The number of azo groups is 1. The average molecular weight is 124 g/mol. The van der Waals surface area contributed by atoms with Gasteiger partial charge < -0.3 is 0 Å². The number of fused-ring (bicyclic) bond motifs is 3. The van der Waals surface area contributed by atoms with E-state index in [9.17, 15) is 0 Å². The minimum Gasteiger partial charge on any atom is -0.191 e. The zero-order chi connectivity index (χ0) is 6.10. The molecule has 2 aliphatic heterocycles. The SMILES string of the molecule is C1CC2CCC(C1)N=N2. The Morgan fingerprint density at radius 1 is 0.778 bits per heavy atom. The molecule has 2 atom stereocenters. The van der Waals surface area contributed by atoms with Gasteiger partial charge in [-0.05, 0) is 32.1 Å². The van der Waals surface area contributed by atoms with Crippen LogP contribution in [0.4, 0.5) is 0 Å². The summed E-state index contributed by atoms with van der Waals surface area (Å²) in [5.41, 5.74) is 0. The van der Waals surface area contributed by atoms with E-state index in [0.29, 0.717) is 12.1 Å². The van der Waals surface area contributed by atoms with Crippen LogP contribution in [0.25, 0.3) is 0 Å². The summed E-state index contributed by atoms with van der Waals surface area (Å²) in [5, 5.41) is 8.43. The highest BCUT2D eigenvalue weighted by molar-refractivity contribution is 4.81. The lowest BCUT2D eigenvalue weighted by molar-refractivity contribution is 0.472. The Balaban J connectivity index is 2.15. The molecule has 9 heavy (non-hydrogen) atoms. The van der Waals surface area contributed by atoms with Gasteiger partial charge in [0.15, 0.2) is 0 Å². The molecule has 3 rings (SSSR count). The predicted octanol–water partition coefficient (Wildman–Crippen LogP) is 2.15. The second-order valence-corrected chi connectivity index (χ2v) is 3.05. The fourth-order valence-corrected chi connectivity index (χ4v) is 1.68. The molecule has 0 N–H and O–H groups in total. The van der Waals surface area contributed by atoms with E-state index < -0.39 is 0 Å². The molecule has 0 aromatic carbocycles. The lowest BCUT2D eigenvalue weighted by Crippen LogP contribution is -2.09. The van der Waals surface area contributed by atoms with Crippen molar-refractivity contribution in [3.63, 3.8) is 0 Å². The standard InChI is InChI=1S/C7H12N2/c1-2-6-4-5-7(3-1)9-8-6/h6-7H,1-5H2. The van der Waals surface area contributed by atoms with Crippen molar-refractivity contribution in [1.82, 2.24) is 0 Å². The van der Waals surface area contributed by atoms with E-state index in [1.807, 2.05) is 0 Å². The Kier molecular flexibility index (Phi) is 1.25. The minimum absolute atomic E-state index is 0.601. The molecule has 1 saturated carbocycles. The first kappa shape index (κ1) is 5.39. The lowest BCUT2D eigenvalue weighted by Gasteiger charge is -2.13. The van der Waals surface area contributed by atoms with Crippen molar-refractivity contribution in [1.29, 1.82) is 0 Å². The van der Waals surface area contributed by atoms with Gasteiger partial charge in [-0.2, -0.15) is 10.2 Å². The Bertz CT molecular complexity index is 113. The molecule has 0 amide bonds. The lowest BCUT2D eigenvalue weighted by atomic mass is 10.1. The highest BCUT2D eigenvalue weighted by Crippen LogP contribution is 2.27. The third-order valence-electron chi connectivity index (χ3n) is 2.30. The molecule has 0 radical (unpaired) electrons. The third kappa shape index (κ3) is 0.979. The molecule has 1 fully saturated rings. The summed E-state index contributed by atoms with van der Waals surface area (Å²) in [6, 6.07) is 1.20. The van der Waals surface area contributed by atoms with Crippen molar-refractivity contribution in [3.8, 4) is 0 Å². The van der Waals surface area contributed by atoms with E-state index >= 15 is 0 Å². The van der Waals surface area contributed by atoms with Crippen LogP contribution in [0.5, 0.6) is 0 Å². The normalized spacial score (nSPS) is 40.9. The molecule has 0 aromatic heterocycles. The molecule has 0 spiro atoms. The molecule has 0 saturated heterocycles. The summed E-state index contributed by atoms with van der Waals surface area (Å²) in [6.07, 6.45) is 6.53. The van der Waals surface area contributed by atoms with Gasteiger partial charge in [-0.3, -0.25) is 0 Å². The first-order valence-corrected chi connectivity index (χ1v) is 3.85. The second-order valence-electron chi connectivity index (χ2n) is 3.05. The van der Waals surface area contributed by atoms with Crippen LogP contribution < -0.4 is 0 Å². The van der Waals surface area contributed by atoms with Crippen LogP contribution >= 0.6 is 0 Å². The first-order chi connectivity index (χ1) is 4.45. The maximum Gasteiger partial charge on any atom is 0.0709 e. The summed E-state index contributed by atoms with van der Waals surface area (Å²) in [7, 11) is 0. The monoisotopic (exact) mass is 124 g/mol. The Morgan fingerprint density at radius 3 is 1.78 bits per heavy atom. The smallest absolute Gasteiger partial charge is 0.0709 e. The van der Waals surface area contributed by atoms with Crippen LogP contribution in [0.1, 0.15) is 32.1 Å². The van der Waals surface area contributed by atoms with E-state index in [0.717, 1.165) is 0 Å². The predicted molar refractivity (Wildman–Crippen MR) is 35.5 cm³/mol. The zero-order valence-corrected chi connectivity index (χ0v) is 5.58. The van der Waals surface area contributed by atoms with Crippen molar-refractivity contribution in [3.05, 3.63) is 0 Å². The quantitative estimate of drug-likeness (QED) is 0.472. The maximum absolute atomic E-state index is 4.22. The fraction of sp³-hybridized carbons (Fsp3) is 1.00. The minimum atomic E-state index is 0.601. The summed E-state index contributed by atoms with van der Waals surface area (Å²) in [5.74, 6) is 0. The van der Waals surface area contributed by atoms with Crippen molar-refractivity contribution < 1.29 is 0 Å². The first-order valence-electron chi connectivity index (χ1n) is 3.85. The van der Waals surface area contributed by atoms with Gasteiger partial charge in [0.2, 0.25) is 0 Å². The van der Waals surface area contributed by atoms with Crippen LogP contribution in [0.15, 0.2) is 10.2 Å². The molecule has 1 aliphatic carbocycles. The number of rotatable bonds is 0. The van der Waals surface area contributed by atoms with E-state index in [2.05, 4.69) is 10.2 Å². The van der Waals surface area contributed by atoms with E-state index in [-0.39, 0.29) is 0 Å². The molecule has 50 valence electrons. The zero-order valence-electron chi connectivity index (χ0n) is 5.58. The fourth-order valence-electron chi connectivity index (χ4n) is 1.68. The molecule has 2 nitrogen and oxygen atoms in total. The summed E-state index contributed by atoms with van der Waals surface area (Å²) in [4.78, 5) is 0. The topological polar surface area (TPSA) is 24.7 Å². The average Bonchev–Trinajstić information content (AvgIpc) is 2.21. The van der Waals surface area contributed by atoms with Crippen molar-refractivity contribution in [2.75, 3.05) is 0 Å². The molecule has 3 aliphatic rings. The summed E-state index contributed by atoms with van der Waals surface area (Å²) < 4.78 is 0. The second kappa shape index (κ2) is 2.09. The van der Waals surface area contributed by atoms with Gasteiger partial charge >= 0.3 is 0 Å². The molecule has 2 bridgehead atoms. The van der Waals surface area contributed by atoms with Gasteiger partial charge in [0.25, 0.3) is 0 Å². The van der Waals surface area contributed by atoms with E-state index in [1.54, 1.807) is 0 Å². The maximum atomic E-state index is 4.22. The van der Waals surface area contributed by atoms with Crippen LogP contribution in [0, 0.1) is 0 Å². The number of hydrogen-bond donors (Lipinski definition) is 0. The third-order valence-corrected chi connectivity index (χ3v) is 2.30. The van der Waals surface area contributed by atoms with Gasteiger partial charge in [0.05, 0.1) is 12.1 Å². The van der Waals surface area contributed by atoms with Crippen LogP contribution in [-0.4, -0.2) is 12.1 Å². The Hall–Kier alpha value is -0.400. The largest absolute Gasteiger partial charge is 0.191 e. The summed E-state index contributed by atoms with van der Waals surface area (Å²) in [6.45, 7) is 0.